The van der Waals surface area contributed by atoms with Gasteiger partial charge in [0.15, 0.2) is 10.4 Å². The topological polar surface area (TPSA) is 81.5 Å². The lowest BCUT2D eigenvalue weighted by Crippen LogP contribution is -2.63. The van der Waals surface area contributed by atoms with E-state index in [1.807, 2.05) is 42.2 Å². The fraction of sp³-hybridized carbons (Fsp3) is 0.364. The third kappa shape index (κ3) is 3.10. The minimum atomic E-state index is -3.49. The van der Waals surface area contributed by atoms with Crippen LogP contribution in [-0.4, -0.2) is 48.6 Å². The predicted molar refractivity (Wildman–Crippen MR) is 119 cm³/mol. The number of carbonyl (C=O) groups is 1. The molecule has 3 aromatic rings. The number of para-hydroxylation sites is 1. The number of hydrogen-bond acceptors (Lipinski definition) is 5. The van der Waals surface area contributed by atoms with Gasteiger partial charge in [-0.1, -0.05) is 47.6 Å². The second kappa shape index (κ2) is 7.37. The molecule has 162 valence electrons. The molecule has 0 bridgehead atoms. The summed E-state index contributed by atoms with van der Waals surface area (Å²) in [5.74, 6) is 0.108. The van der Waals surface area contributed by atoms with Gasteiger partial charge in [0.25, 0.3) is 5.91 Å². The Kier molecular flexibility index (Phi) is 4.89. The number of aromatic nitrogens is 2. The Morgan fingerprint density at radius 3 is 2.48 bits per heavy atom. The van der Waals surface area contributed by atoms with Crippen LogP contribution in [0.2, 0.25) is 0 Å². The summed E-state index contributed by atoms with van der Waals surface area (Å²) in [6, 6.07) is 12.8. The van der Waals surface area contributed by atoms with Gasteiger partial charge in [0, 0.05) is 11.6 Å². The van der Waals surface area contributed by atoms with Gasteiger partial charge in [-0.15, -0.1) is 4.31 Å². The van der Waals surface area contributed by atoms with Crippen molar-refractivity contribution in [1.29, 1.82) is 0 Å². The quantitative estimate of drug-likeness (QED) is 0.549. The van der Waals surface area contributed by atoms with E-state index in [-0.39, 0.29) is 23.9 Å². The van der Waals surface area contributed by atoms with Crippen LogP contribution in [-0.2, 0) is 14.6 Å². The van der Waals surface area contributed by atoms with Crippen LogP contribution in [0.15, 0.2) is 52.1 Å². The molecule has 2 aliphatic rings. The maximum Gasteiger partial charge on any atom is 0.273 e. The van der Waals surface area contributed by atoms with Crippen LogP contribution in [0.25, 0.3) is 5.69 Å². The average Bonchev–Trinajstić information content (AvgIpc) is 3.40. The SMILES string of the molecule is Cc1nn(-c2ccccc2)c2c1C(C(C)C)N(C1CN([S+](=O)([O-])c3cccs3)C1)C2=O. The van der Waals surface area contributed by atoms with E-state index < -0.39 is 10.4 Å². The molecule has 1 saturated heterocycles. The van der Waals surface area contributed by atoms with Gasteiger partial charge in [-0.2, -0.15) is 5.10 Å². The van der Waals surface area contributed by atoms with Crippen molar-refractivity contribution in [3.05, 3.63) is 64.8 Å². The zero-order chi connectivity index (χ0) is 21.9. The Morgan fingerprint density at radius 1 is 1.16 bits per heavy atom. The van der Waals surface area contributed by atoms with Crippen molar-refractivity contribution >= 4 is 27.6 Å². The lowest BCUT2D eigenvalue weighted by Gasteiger charge is -2.46. The van der Waals surface area contributed by atoms with Crippen molar-refractivity contribution in [2.45, 2.75) is 37.1 Å². The zero-order valence-electron chi connectivity index (χ0n) is 17.6. The van der Waals surface area contributed by atoms with Crippen molar-refractivity contribution in [2.24, 2.45) is 5.92 Å². The van der Waals surface area contributed by atoms with Crippen LogP contribution in [0, 0.1) is 12.8 Å². The smallest absolute Gasteiger partial charge is 0.273 e. The first-order valence-corrected chi connectivity index (χ1v) is 12.6. The molecule has 2 unspecified atom stereocenters. The molecule has 1 fully saturated rings. The molecule has 2 atom stereocenters. The maximum absolute atomic E-state index is 13.6. The first-order valence-electron chi connectivity index (χ1n) is 10.3. The Bertz CT molecular complexity index is 1170. The molecule has 2 aromatic heterocycles. The number of carbonyl (C=O) groups excluding carboxylic acids is 1. The third-order valence-corrected chi connectivity index (χ3v) is 9.29. The van der Waals surface area contributed by atoms with E-state index in [0.717, 1.165) is 16.9 Å². The Labute approximate surface area is 186 Å². The number of rotatable bonds is 5. The summed E-state index contributed by atoms with van der Waals surface area (Å²) in [6.07, 6.45) is 0. The monoisotopic (exact) mass is 456 g/mol. The fourth-order valence-corrected chi connectivity index (χ4v) is 7.28. The van der Waals surface area contributed by atoms with Crippen molar-refractivity contribution in [2.75, 3.05) is 13.1 Å². The number of nitrogens with zero attached hydrogens (tertiary/aromatic N) is 4. The van der Waals surface area contributed by atoms with Gasteiger partial charge in [0.05, 0.1) is 36.6 Å². The summed E-state index contributed by atoms with van der Waals surface area (Å²) in [6.45, 7) is 6.77. The van der Waals surface area contributed by atoms with Crippen LogP contribution >= 0.6 is 11.3 Å². The van der Waals surface area contributed by atoms with Crippen LogP contribution < -0.4 is 0 Å². The highest BCUT2D eigenvalue weighted by Gasteiger charge is 2.52. The van der Waals surface area contributed by atoms with E-state index >= 15 is 0 Å². The summed E-state index contributed by atoms with van der Waals surface area (Å²) in [7, 11) is -3.49. The second-order valence-electron chi connectivity index (χ2n) is 8.40. The number of hydrogen-bond donors (Lipinski definition) is 0. The number of amides is 1. The molecule has 7 nitrogen and oxygen atoms in total. The van der Waals surface area contributed by atoms with Gasteiger partial charge in [-0.3, -0.25) is 4.79 Å². The van der Waals surface area contributed by atoms with E-state index in [9.17, 15) is 13.6 Å². The molecule has 0 spiro atoms. The van der Waals surface area contributed by atoms with E-state index in [1.54, 1.807) is 22.2 Å². The Balaban J connectivity index is 1.47. The molecule has 9 heteroatoms. The predicted octanol–water partition coefficient (Wildman–Crippen LogP) is 3.68. The highest BCUT2D eigenvalue weighted by Crippen LogP contribution is 2.44. The van der Waals surface area contributed by atoms with Crippen molar-refractivity contribution < 1.29 is 13.6 Å². The third-order valence-electron chi connectivity index (χ3n) is 6.08. The van der Waals surface area contributed by atoms with Crippen molar-refractivity contribution in [3.8, 4) is 5.69 Å². The number of thiophene rings is 1. The van der Waals surface area contributed by atoms with Crippen LogP contribution in [0.3, 0.4) is 0 Å². The first-order chi connectivity index (χ1) is 14.8. The molecule has 0 radical (unpaired) electrons. The largest absolute Gasteiger partial charge is 0.592 e. The summed E-state index contributed by atoms with van der Waals surface area (Å²) in [5.41, 5.74) is 3.25. The summed E-state index contributed by atoms with van der Waals surface area (Å²) in [4.78, 5) is 15.5. The number of fused-ring (bicyclic) bond motifs is 1. The van der Waals surface area contributed by atoms with E-state index in [2.05, 4.69) is 18.9 Å². The Hall–Kier alpha value is -2.33. The molecule has 4 heterocycles. The molecule has 31 heavy (non-hydrogen) atoms. The molecular formula is C22H24N4O3S2. The fourth-order valence-electron chi connectivity index (χ4n) is 4.62. The first kappa shape index (κ1) is 20.6. The number of benzene rings is 1. The van der Waals surface area contributed by atoms with E-state index in [0.29, 0.717) is 23.0 Å². The minimum Gasteiger partial charge on any atom is -0.592 e. The molecule has 1 aromatic carbocycles. The summed E-state index contributed by atoms with van der Waals surface area (Å²) < 4.78 is 29.2. The highest BCUT2D eigenvalue weighted by atomic mass is 32.3. The van der Waals surface area contributed by atoms with Crippen molar-refractivity contribution in [3.63, 3.8) is 0 Å². The van der Waals surface area contributed by atoms with Crippen LogP contribution in [0.5, 0.6) is 0 Å². The number of sulfonamides is 1. The molecule has 5 rings (SSSR count). The van der Waals surface area contributed by atoms with Gasteiger partial charge in [-0.05, 0) is 36.4 Å². The molecule has 0 N–H and O–H groups in total. The van der Waals surface area contributed by atoms with E-state index in [4.69, 9.17) is 0 Å². The molecule has 1 amide bonds. The van der Waals surface area contributed by atoms with E-state index in [1.165, 1.54) is 15.6 Å². The van der Waals surface area contributed by atoms with Gasteiger partial charge < -0.3 is 9.45 Å². The second-order valence-corrected chi connectivity index (χ2v) is 11.5. The van der Waals surface area contributed by atoms with Gasteiger partial charge in [0.2, 0.25) is 4.21 Å². The van der Waals surface area contributed by atoms with Crippen molar-refractivity contribution in [1.82, 2.24) is 19.0 Å². The lowest BCUT2D eigenvalue weighted by atomic mass is 9.95. The normalized spacial score (nSPS) is 21.4. The zero-order valence-corrected chi connectivity index (χ0v) is 19.2. The molecule has 0 aliphatic carbocycles. The van der Waals surface area contributed by atoms with Gasteiger partial charge >= 0.3 is 0 Å². The Morgan fingerprint density at radius 2 is 1.87 bits per heavy atom. The summed E-state index contributed by atoms with van der Waals surface area (Å²) >= 11 is 1.22. The molecule has 0 saturated carbocycles. The minimum absolute atomic E-state index is 0.0728. The lowest BCUT2D eigenvalue weighted by molar-refractivity contribution is 0.0294. The standard InChI is InChI=1S/C22H24N4O3S2/c1-14(2)20-19-15(3)23-26(16-8-5-4-6-9-16)21(19)22(27)25(20)17-12-24(13-17)31(28,29)18-10-7-11-30-18/h4-11,14,17,20H,12-13H2,1-3H3. The van der Waals surface area contributed by atoms with Gasteiger partial charge in [0.1, 0.15) is 5.69 Å². The molecular weight excluding hydrogens is 432 g/mol. The van der Waals surface area contributed by atoms with Crippen LogP contribution in [0.1, 0.15) is 41.6 Å². The average molecular weight is 457 g/mol. The van der Waals surface area contributed by atoms with Crippen LogP contribution in [0.4, 0.5) is 0 Å². The van der Waals surface area contributed by atoms with Gasteiger partial charge in [-0.25, -0.2) is 4.68 Å². The number of aryl methyl sites for hydroxylation is 1. The summed E-state index contributed by atoms with van der Waals surface area (Å²) in [5, 5.41) is 6.44. The maximum atomic E-state index is 13.6. The molecule has 2 aliphatic heterocycles. The highest BCUT2D eigenvalue weighted by molar-refractivity contribution is 7.97.